The van der Waals surface area contributed by atoms with Gasteiger partial charge in [0, 0.05) is 25.4 Å². The molecule has 2 aliphatic heterocycles. The lowest BCUT2D eigenvalue weighted by molar-refractivity contribution is 0.0638. The highest BCUT2D eigenvalue weighted by atomic mass is 16.5. The van der Waals surface area contributed by atoms with E-state index in [0.717, 1.165) is 17.9 Å². The summed E-state index contributed by atoms with van der Waals surface area (Å²) in [6.45, 7) is 6.40. The van der Waals surface area contributed by atoms with E-state index in [1.807, 2.05) is 18.9 Å². The van der Waals surface area contributed by atoms with Crippen molar-refractivity contribution in [1.82, 2.24) is 19.6 Å². The first-order valence-electron chi connectivity index (χ1n) is 9.38. The monoisotopic (exact) mass is 354 g/mol. The molecule has 1 amide bonds. The van der Waals surface area contributed by atoms with Crippen LogP contribution in [0.3, 0.4) is 0 Å². The normalized spacial score (nSPS) is 20.5. The molecule has 2 aromatic rings. The molecular formula is C20H26N4O2. The highest BCUT2D eigenvalue weighted by Gasteiger charge is 2.28. The van der Waals surface area contributed by atoms with Crippen LogP contribution < -0.4 is 4.74 Å². The van der Waals surface area contributed by atoms with Gasteiger partial charge in [-0.25, -0.2) is 0 Å². The SMILES string of the molecule is C[C@H]1COc2ccc(CN3CCCC3)cc2CN1C(=O)c1ccn(C)n1. The fourth-order valence-electron chi connectivity index (χ4n) is 3.78. The second kappa shape index (κ2) is 7.11. The third-order valence-electron chi connectivity index (χ3n) is 5.28. The molecule has 1 saturated heterocycles. The molecular weight excluding hydrogens is 328 g/mol. The maximum Gasteiger partial charge on any atom is 0.275 e. The molecule has 1 fully saturated rings. The molecule has 138 valence electrons. The molecule has 0 radical (unpaired) electrons. The molecule has 4 rings (SSSR count). The Balaban J connectivity index is 1.56. The van der Waals surface area contributed by atoms with Gasteiger partial charge < -0.3 is 9.64 Å². The number of carbonyl (C=O) groups excluding carboxylic acids is 1. The minimum atomic E-state index is -0.0421. The van der Waals surface area contributed by atoms with E-state index < -0.39 is 0 Å². The van der Waals surface area contributed by atoms with Gasteiger partial charge >= 0.3 is 0 Å². The van der Waals surface area contributed by atoms with Crippen LogP contribution in [0.25, 0.3) is 0 Å². The number of nitrogens with zero attached hydrogens (tertiary/aromatic N) is 4. The molecule has 1 aromatic carbocycles. The summed E-state index contributed by atoms with van der Waals surface area (Å²) in [5, 5.41) is 4.27. The Morgan fingerprint density at radius 2 is 2.08 bits per heavy atom. The van der Waals surface area contributed by atoms with Crippen molar-refractivity contribution in [3.8, 4) is 5.75 Å². The zero-order chi connectivity index (χ0) is 18.1. The predicted octanol–water partition coefficient (Wildman–Crippen LogP) is 2.44. The third-order valence-corrected chi connectivity index (χ3v) is 5.28. The van der Waals surface area contributed by atoms with E-state index >= 15 is 0 Å². The molecule has 0 saturated carbocycles. The Morgan fingerprint density at radius 3 is 2.81 bits per heavy atom. The van der Waals surface area contributed by atoms with E-state index in [1.54, 1.807) is 16.9 Å². The van der Waals surface area contributed by atoms with E-state index in [0.29, 0.717) is 18.8 Å². The summed E-state index contributed by atoms with van der Waals surface area (Å²) in [4.78, 5) is 17.3. The maximum atomic E-state index is 12.9. The van der Waals surface area contributed by atoms with Crippen LogP contribution in [-0.2, 0) is 20.1 Å². The number of rotatable bonds is 3. The van der Waals surface area contributed by atoms with Crippen LogP contribution in [0.4, 0.5) is 0 Å². The lowest BCUT2D eigenvalue weighted by Crippen LogP contribution is -2.40. The van der Waals surface area contributed by atoms with Gasteiger partial charge in [0.25, 0.3) is 5.91 Å². The van der Waals surface area contributed by atoms with E-state index in [-0.39, 0.29) is 11.9 Å². The van der Waals surface area contributed by atoms with Crippen LogP contribution in [-0.4, -0.2) is 51.2 Å². The molecule has 0 spiro atoms. The zero-order valence-corrected chi connectivity index (χ0v) is 15.5. The van der Waals surface area contributed by atoms with Crippen molar-refractivity contribution in [2.75, 3.05) is 19.7 Å². The molecule has 0 bridgehead atoms. The highest BCUT2D eigenvalue weighted by molar-refractivity contribution is 5.92. The summed E-state index contributed by atoms with van der Waals surface area (Å²) in [5.74, 6) is 0.845. The summed E-state index contributed by atoms with van der Waals surface area (Å²) >= 11 is 0. The molecule has 26 heavy (non-hydrogen) atoms. The van der Waals surface area contributed by atoms with Crippen molar-refractivity contribution >= 4 is 5.91 Å². The Kier molecular flexibility index (Phi) is 4.68. The van der Waals surface area contributed by atoms with E-state index in [2.05, 4.69) is 28.2 Å². The molecule has 2 aliphatic rings. The average molecular weight is 354 g/mol. The topological polar surface area (TPSA) is 50.6 Å². The van der Waals surface area contributed by atoms with E-state index in [9.17, 15) is 4.79 Å². The first-order valence-corrected chi connectivity index (χ1v) is 9.38. The van der Waals surface area contributed by atoms with Crippen molar-refractivity contribution < 1.29 is 9.53 Å². The highest BCUT2D eigenvalue weighted by Crippen LogP contribution is 2.28. The van der Waals surface area contributed by atoms with Crippen molar-refractivity contribution in [3.63, 3.8) is 0 Å². The number of aryl methyl sites for hydroxylation is 1. The first-order chi connectivity index (χ1) is 12.6. The van der Waals surface area contributed by atoms with Crippen molar-refractivity contribution in [2.45, 2.75) is 38.9 Å². The summed E-state index contributed by atoms with van der Waals surface area (Å²) in [6, 6.07) is 8.18. The van der Waals surface area contributed by atoms with Gasteiger partial charge in [0.05, 0.1) is 12.6 Å². The Bertz CT molecular complexity index is 795. The number of carbonyl (C=O) groups is 1. The average Bonchev–Trinajstić information content (AvgIpc) is 3.26. The van der Waals surface area contributed by atoms with Gasteiger partial charge in [0.2, 0.25) is 0 Å². The van der Waals surface area contributed by atoms with Crippen LogP contribution in [0.1, 0.15) is 41.4 Å². The van der Waals surface area contributed by atoms with Gasteiger partial charge in [0.15, 0.2) is 0 Å². The molecule has 6 nitrogen and oxygen atoms in total. The smallest absolute Gasteiger partial charge is 0.275 e. The molecule has 0 N–H and O–H groups in total. The number of aromatic nitrogens is 2. The molecule has 6 heteroatoms. The number of ether oxygens (including phenoxy) is 1. The van der Waals surface area contributed by atoms with Crippen LogP contribution in [0.15, 0.2) is 30.5 Å². The van der Waals surface area contributed by atoms with Crippen molar-refractivity contribution in [3.05, 3.63) is 47.3 Å². The van der Waals surface area contributed by atoms with Crippen molar-refractivity contribution in [1.29, 1.82) is 0 Å². The summed E-state index contributed by atoms with van der Waals surface area (Å²) < 4.78 is 7.64. The Labute approximate surface area is 154 Å². The number of benzene rings is 1. The van der Waals surface area contributed by atoms with Gasteiger partial charge in [-0.1, -0.05) is 6.07 Å². The zero-order valence-electron chi connectivity index (χ0n) is 15.5. The van der Waals surface area contributed by atoms with Gasteiger partial charge in [-0.2, -0.15) is 5.10 Å². The second-order valence-corrected chi connectivity index (χ2v) is 7.39. The maximum absolute atomic E-state index is 12.9. The summed E-state index contributed by atoms with van der Waals surface area (Å²) in [6.07, 6.45) is 4.38. The minimum absolute atomic E-state index is 0.000983. The number of fused-ring (bicyclic) bond motifs is 1. The Hall–Kier alpha value is -2.34. The molecule has 0 aliphatic carbocycles. The lowest BCUT2D eigenvalue weighted by atomic mass is 10.1. The van der Waals surface area contributed by atoms with Gasteiger partial charge in [-0.15, -0.1) is 0 Å². The van der Waals surface area contributed by atoms with Crippen LogP contribution in [0.5, 0.6) is 5.75 Å². The minimum Gasteiger partial charge on any atom is -0.491 e. The molecule has 0 unspecified atom stereocenters. The first kappa shape index (κ1) is 17.1. The number of hydrogen-bond donors (Lipinski definition) is 0. The number of hydrogen-bond acceptors (Lipinski definition) is 4. The standard InChI is InChI=1S/C20H26N4O2/c1-15-14-26-19-6-5-16(12-23-8-3-4-9-23)11-17(19)13-24(15)20(25)18-7-10-22(2)21-18/h5-7,10-11,15H,3-4,8-9,12-14H2,1-2H3/t15-/m0/s1. The lowest BCUT2D eigenvalue weighted by Gasteiger charge is -2.25. The molecule has 1 atom stereocenters. The van der Waals surface area contributed by atoms with Gasteiger partial charge in [-0.3, -0.25) is 14.4 Å². The predicted molar refractivity (Wildman–Crippen MR) is 99.0 cm³/mol. The molecule has 1 aromatic heterocycles. The number of likely N-dealkylation sites (tertiary alicyclic amines) is 1. The summed E-state index contributed by atoms with van der Waals surface area (Å²) in [7, 11) is 1.83. The fraction of sp³-hybridized carbons (Fsp3) is 0.500. The third kappa shape index (κ3) is 3.46. The largest absolute Gasteiger partial charge is 0.491 e. The van der Waals surface area contributed by atoms with Gasteiger partial charge in [0.1, 0.15) is 18.1 Å². The Morgan fingerprint density at radius 1 is 1.27 bits per heavy atom. The van der Waals surface area contributed by atoms with E-state index in [4.69, 9.17) is 4.74 Å². The summed E-state index contributed by atoms with van der Waals surface area (Å²) in [5.41, 5.74) is 2.85. The molecule has 3 heterocycles. The van der Waals surface area contributed by atoms with Crippen molar-refractivity contribution in [2.24, 2.45) is 7.05 Å². The number of amides is 1. The van der Waals surface area contributed by atoms with Crippen LogP contribution in [0, 0.1) is 0 Å². The second-order valence-electron chi connectivity index (χ2n) is 7.39. The van der Waals surface area contributed by atoms with Gasteiger partial charge in [-0.05, 0) is 56.6 Å². The quantitative estimate of drug-likeness (QED) is 0.850. The van der Waals surface area contributed by atoms with Crippen LogP contribution in [0.2, 0.25) is 0 Å². The fourth-order valence-corrected chi connectivity index (χ4v) is 3.78. The van der Waals surface area contributed by atoms with E-state index in [1.165, 1.54) is 31.5 Å². The van der Waals surface area contributed by atoms with Crippen LogP contribution >= 0.6 is 0 Å².